The zero-order valence-electron chi connectivity index (χ0n) is 20.6. The van der Waals surface area contributed by atoms with Crippen LogP contribution in [0.3, 0.4) is 0 Å². The van der Waals surface area contributed by atoms with Crippen molar-refractivity contribution in [2.75, 3.05) is 0 Å². The molecule has 0 radical (unpaired) electrons. The molecule has 0 aliphatic heterocycles. The van der Waals surface area contributed by atoms with Gasteiger partial charge in [-0.3, -0.25) is 4.98 Å². The van der Waals surface area contributed by atoms with Crippen LogP contribution in [0.1, 0.15) is 5.56 Å². The van der Waals surface area contributed by atoms with Gasteiger partial charge in [-0.1, -0.05) is 103 Å². The van der Waals surface area contributed by atoms with Gasteiger partial charge < -0.3 is 0 Å². The van der Waals surface area contributed by atoms with Crippen LogP contribution in [-0.4, -0.2) is 4.98 Å². The van der Waals surface area contributed by atoms with E-state index in [1.807, 2.05) is 6.07 Å². The third kappa shape index (κ3) is 3.61. The molecule has 0 aliphatic carbocycles. The minimum atomic E-state index is 0.607. The van der Waals surface area contributed by atoms with Gasteiger partial charge in [-0.25, -0.2) is 0 Å². The molecule has 0 aliphatic rings. The van der Waals surface area contributed by atoms with E-state index in [-0.39, 0.29) is 0 Å². The Morgan fingerprint density at radius 3 is 1.71 bits per heavy atom. The Morgan fingerprint density at radius 2 is 1.05 bits per heavy atom. The van der Waals surface area contributed by atoms with Crippen LogP contribution in [0.2, 0.25) is 0 Å². The highest BCUT2D eigenvalue weighted by Crippen LogP contribution is 2.44. The Morgan fingerprint density at radius 1 is 0.474 bits per heavy atom. The summed E-state index contributed by atoms with van der Waals surface area (Å²) in [5.74, 6) is 0. The number of hydrogen-bond acceptors (Lipinski definition) is 2. The molecule has 1 aromatic heterocycles. The van der Waals surface area contributed by atoms with Crippen LogP contribution >= 0.6 is 0 Å². The second kappa shape index (κ2) is 9.00. The summed E-state index contributed by atoms with van der Waals surface area (Å²) >= 11 is 0. The number of nitrogens with zero attached hydrogens (tertiary/aromatic N) is 2. The second-order valence-corrected chi connectivity index (χ2v) is 9.53. The summed E-state index contributed by atoms with van der Waals surface area (Å²) in [5.41, 5.74) is 7.21. The van der Waals surface area contributed by atoms with E-state index >= 15 is 0 Å². The molecule has 7 rings (SSSR count). The third-order valence-corrected chi connectivity index (χ3v) is 7.31. The molecule has 0 unspecified atom stereocenters. The average molecular weight is 483 g/mol. The smallest absolute Gasteiger partial charge is 0.0992 e. The molecule has 7 aromatic rings. The quantitative estimate of drug-likeness (QED) is 0.235. The lowest BCUT2D eigenvalue weighted by Crippen LogP contribution is -1.92. The molecule has 0 fully saturated rings. The van der Waals surface area contributed by atoms with E-state index in [0.717, 1.165) is 16.8 Å². The zero-order valence-corrected chi connectivity index (χ0v) is 20.6. The van der Waals surface area contributed by atoms with Gasteiger partial charge in [-0.2, -0.15) is 5.26 Å². The summed E-state index contributed by atoms with van der Waals surface area (Å²) in [5, 5.41) is 16.7. The van der Waals surface area contributed by atoms with Crippen molar-refractivity contribution in [3.8, 4) is 39.6 Å². The van der Waals surface area contributed by atoms with Gasteiger partial charge in [-0.15, -0.1) is 0 Å². The lowest BCUT2D eigenvalue weighted by molar-refractivity contribution is 1.31. The maximum absolute atomic E-state index is 9.38. The fraction of sp³-hybridized carbons (Fsp3) is 0. The molecular formula is C36H22N2. The van der Waals surface area contributed by atoms with Crippen LogP contribution in [0.15, 0.2) is 134 Å². The van der Waals surface area contributed by atoms with E-state index in [4.69, 9.17) is 0 Å². The van der Waals surface area contributed by atoms with Crippen molar-refractivity contribution >= 4 is 32.3 Å². The number of benzene rings is 6. The molecule has 0 spiro atoms. The first-order valence-corrected chi connectivity index (χ1v) is 12.7. The Bertz CT molecular complexity index is 1990. The molecule has 0 saturated heterocycles. The van der Waals surface area contributed by atoms with E-state index in [1.165, 1.54) is 49.0 Å². The van der Waals surface area contributed by atoms with Crippen LogP contribution in [0.5, 0.6) is 0 Å². The van der Waals surface area contributed by atoms with E-state index in [1.54, 1.807) is 12.3 Å². The van der Waals surface area contributed by atoms with Crippen molar-refractivity contribution in [1.29, 1.82) is 5.26 Å². The van der Waals surface area contributed by atoms with E-state index in [9.17, 15) is 5.26 Å². The fourth-order valence-electron chi connectivity index (χ4n) is 5.59. The second-order valence-electron chi connectivity index (χ2n) is 9.53. The Hall–Kier alpha value is -5.26. The van der Waals surface area contributed by atoms with Gasteiger partial charge in [0.15, 0.2) is 0 Å². The van der Waals surface area contributed by atoms with Crippen LogP contribution in [0.4, 0.5) is 0 Å². The Balaban J connectivity index is 1.53. The van der Waals surface area contributed by atoms with Crippen molar-refractivity contribution in [2.45, 2.75) is 0 Å². The molecular weight excluding hydrogens is 460 g/mol. The SMILES string of the molecule is N#Cc1ccnc(-c2cccc(-c3c4ccccc4c(-c4ccc5ccccc5c4)c4ccccc34)c2)c1. The summed E-state index contributed by atoms with van der Waals surface area (Å²) in [7, 11) is 0. The average Bonchev–Trinajstić information content (AvgIpc) is 2.99. The molecule has 38 heavy (non-hydrogen) atoms. The molecule has 2 heteroatoms. The summed E-state index contributed by atoms with van der Waals surface area (Å²) in [6, 6.07) is 47.0. The van der Waals surface area contributed by atoms with Crippen LogP contribution < -0.4 is 0 Å². The third-order valence-electron chi connectivity index (χ3n) is 7.31. The van der Waals surface area contributed by atoms with Crippen LogP contribution in [0, 0.1) is 11.3 Å². The topological polar surface area (TPSA) is 36.7 Å². The number of rotatable bonds is 3. The molecule has 0 saturated carbocycles. The lowest BCUT2D eigenvalue weighted by Gasteiger charge is -2.18. The number of aromatic nitrogens is 1. The van der Waals surface area contributed by atoms with Gasteiger partial charge >= 0.3 is 0 Å². The molecule has 0 bridgehead atoms. The Kier molecular flexibility index (Phi) is 5.20. The highest BCUT2D eigenvalue weighted by molar-refractivity contribution is 6.21. The van der Waals surface area contributed by atoms with Crippen molar-refractivity contribution in [2.24, 2.45) is 0 Å². The summed E-state index contributed by atoms with van der Waals surface area (Å²) in [4.78, 5) is 4.54. The first kappa shape index (κ1) is 22.0. The first-order chi connectivity index (χ1) is 18.8. The summed E-state index contributed by atoms with van der Waals surface area (Å²) in [6.07, 6.45) is 1.70. The normalized spacial score (nSPS) is 11.1. The van der Waals surface area contributed by atoms with Crippen molar-refractivity contribution < 1.29 is 0 Å². The van der Waals surface area contributed by atoms with Gasteiger partial charge in [0.05, 0.1) is 17.3 Å². The number of nitriles is 1. The number of pyridine rings is 1. The molecule has 0 atom stereocenters. The molecule has 0 amide bonds. The monoisotopic (exact) mass is 482 g/mol. The van der Waals surface area contributed by atoms with Gasteiger partial charge in [-0.05, 0) is 78.8 Å². The van der Waals surface area contributed by atoms with Crippen molar-refractivity contribution in [3.63, 3.8) is 0 Å². The van der Waals surface area contributed by atoms with E-state index in [0.29, 0.717) is 5.56 Å². The van der Waals surface area contributed by atoms with Gasteiger partial charge in [0.25, 0.3) is 0 Å². The minimum Gasteiger partial charge on any atom is -0.256 e. The maximum atomic E-state index is 9.38. The molecule has 2 nitrogen and oxygen atoms in total. The zero-order chi connectivity index (χ0) is 25.5. The predicted molar refractivity (Wildman–Crippen MR) is 158 cm³/mol. The van der Waals surface area contributed by atoms with Crippen LogP contribution in [-0.2, 0) is 0 Å². The lowest BCUT2D eigenvalue weighted by atomic mass is 9.85. The van der Waals surface area contributed by atoms with Crippen molar-refractivity contribution in [3.05, 3.63) is 139 Å². The number of hydrogen-bond donors (Lipinski definition) is 0. The standard InChI is InChI=1S/C36H22N2/c37-23-24-18-19-38-34(20-24)27-10-7-11-28(22-27)35-30-12-3-5-14-32(30)36(33-15-6-4-13-31(33)35)29-17-16-25-8-1-2-9-26(25)21-29/h1-22H. The highest BCUT2D eigenvalue weighted by Gasteiger charge is 2.17. The summed E-state index contributed by atoms with van der Waals surface area (Å²) in [6.45, 7) is 0. The Labute approximate surface area is 221 Å². The number of fused-ring (bicyclic) bond motifs is 3. The first-order valence-electron chi connectivity index (χ1n) is 12.7. The van der Waals surface area contributed by atoms with Gasteiger partial charge in [0.2, 0.25) is 0 Å². The summed E-state index contributed by atoms with van der Waals surface area (Å²) < 4.78 is 0. The van der Waals surface area contributed by atoms with Crippen LogP contribution in [0.25, 0.3) is 65.8 Å². The largest absolute Gasteiger partial charge is 0.256 e. The van der Waals surface area contributed by atoms with Gasteiger partial charge in [0.1, 0.15) is 0 Å². The minimum absolute atomic E-state index is 0.607. The molecule has 176 valence electrons. The predicted octanol–water partition coefficient (Wildman–Crippen LogP) is 9.41. The van der Waals surface area contributed by atoms with Gasteiger partial charge in [0, 0.05) is 11.8 Å². The van der Waals surface area contributed by atoms with E-state index < -0.39 is 0 Å². The molecule has 6 aromatic carbocycles. The fourth-order valence-corrected chi connectivity index (χ4v) is 5.59. The highest BCUT2D eigenvalue weighted by atomic mass is 14.7. The van der Waals surface area contributed by atoms with E-state index in [2.05, 4.69) is 126 Å². The molecule has 1 heterocycles. The maximum Gasteiger partial charge on any atom is 0.0992 e. The molecule has 0 N–H and O–H groups in total. The van der Waals surface area contributed by atoms with Crippen molar-refractivity contribution in [1.82, 2.24) is 4.98 Å².